The number of aromatic nitrogens is 1. The summed E-state index contributed by atoms with van der Waals surface area (Å²) in [6.45, 7) is 8.82. The number of nitrogens with one attached hydrogen (secondary N) is 2. The molecule has 0 aliphatic heterocycles. The van der Waals surface area contributed by atoms with E-state index in [2.05, 4.69) is 28.9 Å². The van der Waals surface area contributed by atoms with Gasteiger partial charge >= 0.3 is 0 Å². The molecule has 1 aromatic rings. The number of hydrogen-bond acceptors (Lipinski definition) is 5. The number of rotatable bonds is 5. The second-order valence-corrected chi connectivity index (χ2v) is 5.45. The van der Waals surface area contributed by atoms with Crippen LogP contribution in [0.2, 0.25) is 0 Å². The molecule has 0 aliphatic rings. The largest absolute Gasteiger partial charge is 0.382 e. The molecular formula is C11H20N4OS. The number of amides is 1. The molecule has 6 heteroatoms. The summed E-state index contributed by atoms with van der Waals surface area (Å²) in [5.74, 6) is 0.622. The Morgan fingerprint density at radius 2 is 2.06 bits per heavy atom. The molecule has 1 rings (SSSR count). The van der Waals surface area contributed by atoms with Gasteiger partial charge in [-0.1, -0.05) is 13.8 Å². The molecule has 0 spiro atoms. The molecule has 0 radical (unpaired) electrons. The number of nitrogen functional groups attached to an aromatic ring is 1. The Bertz CT molecular complexity index is 387. The van der Waals surface area contributed by atoms with Crippen molar-refractivity contribution in [2.45, 2.75) is 33.7 Å². The molecular weight excluding hydrogens is 236 g/mol. The molecule has 17 heavy (non-hydrogen) atoms. The molecule has 0 aliphatic carbocycles. The van der Waals surface area contributed by atoms with Crippen molar-refractivity contribution in [3.05, 3.63) is 5.56 Å². The SMILES string of the molecule is CC(C)CNc1snc(N)c1C(=O)NC(C)C. The van der Waals surface area contributed by atoms with Gasteiger partial charge in [-0.25, -0.2) is 0 Å². The fourth-order valence-corrected chi connectivity index (χ4v) is 1.99. The van der Waals surface area contributed by atoms with Gasteiger partial charge in [0, 0.05) is 12.6 Å². The van der Waals surface area contributed by atoms with Crippen molar-refractivity contribution in [2.75, 3.05) is 17.6 Å². The number of nitrogens with zero attached hydrogens (tertiary/aromatic N) is 1. The van der Waals surface area contributed by atoms with Crippen LogP contribution in [0.4, 0.5) is 10.8 Å². The maximum absolute atomic E-state index is 11.9. The molecule has 0 bridgehead atoms. The van der Waals surface area contributed by atoms with E-state index in [1.165, 1.54) is 11.5 Å². The van der Waals surface area contributed by atoms with Crippen molar-refractivity contribution in [3.63, 3.8) is 0 Å². The van der Waals surface area contributed by atoms with Crippen LogP contribution in [-0.2, 0) is 0 Å². The van der Waals surface area contributed by atoms with Gasteiger partial charge in [0.05, 0.1) is 0 Å². The molecule has 0 atom stereocenters. The Kier molecular flexibility index (Phi) is 4.74. The summed E-state index contributed by atoms with van der Waals surface area (Å²) in [7, 11) is 0. The van der Waals surface area contributed by atoms with Crippen molar-refractivity contribution in [3.8, 4) is 0 Å². The molecule has 1 amide bonds. The first-order chi connectivity index (χ1) is 7.91. The highest BCUT2D eigenvalue weighted by molar-refractivity contribution is 7.11. The van der Waals surface area contributed by atoms with Crippen LogP contribution in [0.1, 0.15) is 38.1 Å². The van der Waals surface area contributed by atoms with Gasteiger partial charge in [0.2, 0.25) is 0 Å². The highest BCUT2D eigenvalue weighted by Crippen LogP contribution is 2.26. The average Bonchev–Trinajstić information content (AvgIpc) is 2.55. The molecule has 1 aromatic heterocycles. The van der Waals surface area contributed by atoms with Crippen molar-refractivity contribution in [1.29, 1.82) is 0 Å². The van der Waals surface area contributed by atoms with Crippen LogP contribution in [0.5, 0.6) is 0 Å². The lowest BCUT2D eigenvalue weighted by atomic mass is 10.2. The Morgan fingerprint density at radius 3 is 2.59 bits per heavy atom. The smallest absolute Gasteiger partial charge is 0.258 e. The lowest BCUT2D eigenvalue weighted by Crippen LogP contribution is -2.31. The van der Waals surface area contributed by atoms with E-state index in [0.717, 1.165) is 11.5 Å². The summed E-state index contributed by atoms with van der Waals surface area (Å²) in [6.07, 6.45) is 0. The Hall–Kier alpha value is -1.30. The van der Waals surface area contributed by atoms with E-state index >= 15 is 0 Å². The summed E-state index contributed by atoms with van der Waals surface area (Å²) in [5, 5.41) is 6.77. The fourth-order valence-electron chi connectivity index (χ4n) is 1.27. The van der Waals surface area contributed by atoms with E-state index < -0.39 is 0 Å². The van der Waals surface area contributed by atoms with E-state index in [4.69, 9.17) is 5.73 Å². The molecule has 0 saturated heterocycles. The topological polar surface area (TPSA) is 80.0 Å². The maximum Gasteiger partial charge on any atom is 0.258 e. The molecule has 0 saturated carbocycles. The maximum atomic E-state index is 11.9. The van der Waals surface area contributed by atoms with Crippen LogP contribution in [0, 0.1) is 5.92 Å². The van der Waals surface area contributed by atoms with Gasteiger partial charge in [0.15, 0.2) is 5.82 Å². The first kappa shape index (κ1) is 13.8. The first-order valence-electron chi connectivity index (χ1n) is 5.71. The van der Waals surface area contributed by atoms with Crippen molar-refractivity contribution in [1.82, 2.24) is 9.69 Å². The first-order valence-corrected chi connectivity index (χ1v) is 6.49. The van der Waals surface area contributed by atoms with Crippen LogP contribution in [0.3, 0.4) is 0 Å². The normalized spacial score (nSPS) is 10.9. The molecule has 96 valence electrons. The van der Waals surface area contributed by atoms with Crippen LogP contribution in [-0.4, -0.2) is 22.9 Å². The molecule has 0 unspecified atom stereocenters. The Labute approximate surface area is 106 Å². The Balaban J connectivity index is 2.82. The van der Waals surface area contributed by atoms with E-state index in [0.29, 0.717) is 17.3 Å². The minimum absolute atomic E-state index is 0.0831. The minimum atomic E-state index is -0.169. The van der Waals surface area contributed by atoms with Gasteiger partial charge < -0.3 is 16.4 Å². The van der Waals surface area contributed by atoms with Crippen LogP contribution < -0.4 is 16.4 Å². The average molecular weight is 256 g/mol. The van der Waals surface area contributed by atoms with Gasteiger partial charge in [-0.3, -0.25) is 4.79 Å². The van der Waals surface area contributed by atoms with Crippen LogP contribution in [0.25, 0.3) is 0 Å². The zero-order valence-electron chi connectivity index (χ0n) is 10.7. The summed E-state index contributed by atoms with van der Waals surface area (Å²) in [6, 6.07) is 0.0831. The van der Waals surface area contributed by atoms with Gasteiger partial charge in [-0.2, -0.15) is 4.37 Å². The van der Waals surface area contributed by atoms with Gasteiger partial charge in [0.25, 0.3) is 5.91 Å². The van der Waals surface area contributed by atoms with Crippen molar-refractivity contribution in [2.24, 2.45) is 5.92 Å². The summed E-state index contributed by atoms with van der Waals surface area (Å²) in [4.78, 5) is 11.9. The lowest BCUT2D eigenvalue weighted by molar-refractivity contribution is 0.0945. The molecule has 4 N–H and O–H groups in total. The summed E-state index contributed by atoms with van der Waals surface area (Å²) < 4.78 is 4.02. The lowest BCUT2D eigenvalue weighted by Gasteiger charge is -2.11. The monoisotopic (exact) mass is 256 g/mol. The summed E-state index contributed by atoms with van der Waals surface area (Å²) in [5.41, 5.74) is 6.19. The highest BCUT2D eigenvalue weighted by atomic mass is 32.1. The van der Waals surface area contributed by atoms with Gasteiger partial charge in [-0.05, 0) is 31.3 Å². The number of nitrogens with two attached hydrogens (primary N) is 1. The van der Waals surface area contributed by atoms with Crippen LogP contribution in [0.15, 0.2) is 0 Å². The van der Waals surface area contributed by atoms with Crippen molar-refractivity contribution >= 4 is 28.3 Å². The minimum Gasteiger partial charge on any atom is -0.382 e. The zero-order chi connectivity index (χ0) is 13.0. The molecule has 1 heterocycles. The number of anilines is 2. The number of carbonyl (C=O) groups excluding carboxylic acids is 1. The standard InChI is InChI=1S/C11H20N4OS/c1-6(2)5-13-11-8(9(12)15-17-11)10(16)14-7(3)4/h6-7,13H,5H2,1-4H3,(H2,12,15)(H,14,16). The van der Waals surface area contributed by atoms with E-state index in [9.17, 15) is 4.79 Å². The highest BCUT2D eigenvalue weighted by Gasteiger charge is 2.19. The van der Waals surface area contributed by atoms with E-state index in [1.54, 1.807) is 0 Å². The Morgan fingerprint density at radius 1 is 1.41 bits per heavy atom. The van der Waals surface area contributed by atoms with Gasteiger partial charge in [-0.15, -0.1) is 0 Å². The summed E-state index contributed by atoms with van der Waals surface area (Å²) >= 11 is 1.23. The predicted octanol–water partition coefficient (Wildman–Crippen LogP) is 1.93. The van der Waals surface area contributed by atoms with Crippen LogP contribution >= 0.6 is 11.5 Å². The zero-order valence-corrected chi connectivity index (χ0v) is 11.5. The number of carbonyl (C=O) groups is 1. The van der Waals surface area contributed by atoms with E-state index in [1.807, 2.05) is 13.8 Å². The quantitative estimate of drug-likeness (QED) is 0.752. The van der Waals surface area contributed by atoms with Crippen molar-refractivity contribution < 1.29 is 4.79 Å². The number of hydrogen-bond donors (Lipinski definition) is 3. The molecule has 0 aromatic carbocycles. The second-order valence-electron chi connectivity index (χ2n) is 4.67. The van der Waals surface area contributed by atoms with Gasteiger partial charge in [0.1, 0.15) is 10.6 Å². The van der Waals surface area contributed by atoms with E-state index in [-0.39, 0.29) is 11.9 Å². The molecule has 5 nitrogen and oxygen atoms in total. The fraction of sp³-hybridized carbons (Fsp3) is 0.636. The third kappa shape index (κ3) is 3.89. The second kappa shape index (κ2) is 5.86. The third-order valence-corrected chi connectivity index (χ3v) is 2.86. The molecule has 0 fully saturated rings. The third-order valence-electron chi connectivity index (χ3n) is 2.04. The predicted molar refractivity (Wildman–Crippen MR) is 72.5 cm³/mol.